The lowest BCUT2D eigenvalue weighted by Crippen LogP contribution is -2.38. The van der Waals surface area contributed by atoms with Gasteiger partial charge in [-0.15, -0.1) is 0 Å². The van der Waals surface area contributed by atoms with Crippen LogP contribution in [-0.2, 0) is 9.53 Å². The maximum absolute atomic E-state index is 13.1. The van der Waals surface area contributed by atoms with Gasteiger partial charge in [0.2, 0.25) is 0 Å². The number of pyridine rings is 1. The summed E-state index contributed by atoms with van der Waals surface area (Å²) in [5.74, 6) is -1.41. The molecule has 2 aliphatic rings. The molecule has 8 heteroatoms. The van der Waals surface area contributed by atoms with Crippen LogP contribution >= 0.6 is 0 Å². The number of benzene rings is 2. The zero-order valence-electron chi connectivity index (χ0n) is 19.0. The van der Waals surface area contributed by atoms with Gasteiger partial charge in [0.15, 0.2) is 5.69 Å². The van der Waals surface area contributed by atoms with E-state index < -0.39 is 24.5 Å². The van der Waals surface area contributed by atoms with Gasteiger partial charge in [-0.1, -0.05) is 48.5 Å². The molecule has 0 aliphatic heterocycles. The van der Waals surface area contributed by atoms with Crippen LogP contribution in [0, 0.1) is 5.92 Å². The first-order valence-corrected chi connectivity index (χ1v) is 11.6. The van der Waals surface area contributed by atoms with E-state index in [1.54, 1.807) is 12.1 Å². The lowest BCUT2D eigenvalue weighted by Gasteiger charge is -2.21. The van der Waals surface area contributed by atoms with E-state index in [9.17, 15) is 19.5 Å². The minimum absolute atomic E-state index is 0.0112. The second kappa shape index (κ2) is 9.58. The molecular weight excluding hydrogens is 446 g/mol. The van der Waals surface area contributed by atoms with Crippen LogP contribution in [0.15, 0.2) is 66.9 Å². The fourth-order valence-corrected chi connectivity index (χ4v) is 4.57. The Morgan fingerprint density at radius 1 is 0.971 bits per heavy atom. The quantitative estimate of drug-likeness (QED) is 0.505. The summed E-state index contributed by atoms with van der Waals surface area (Å²) in [5.41, 5.74) is 4.63. The average Bonchev–Trinajstić information content (AvgIpc) is 3.62. The number of carbonyl (C=O) groups excluding carboxylic acids is 2. The van der Waals surface area contributed by atoms with Gasteiger partial charge in [0.1, 0.15) is 13.2 Å². The zero-order chi connectivity index (χ0) is 24.4. The summed E-state index contributed by atoms with van der Waals surface area (Å²) in [6, 6.07) is 19.3. The van der Waals surface area contributed by atoms with Crippen molar-refractivity contribution in [3.05, 3.63) is 83.7 Å². The topological polar surface area (TPSA) is 109 Å². The number of nitrogens with zero attached hydrogens (tertiary/aromatic N) is 2. The second-order valence-corrected chi connectivity index (χ2v) is 8.87. The maximum atomic E-state index is 13.1. The van der Waals surface area contributed by atoms with Crippen LogP contribution in [0.3, 0.4) is 0 Å². The third-order valence-corrected chi connectivity index (χ3v) is 6.38. The minimum atomic E-state index is -1.10. The molecule has 35 heavy (non-hydrogen) atoms. The highest BCUT2D eigenvalue weighted by Gasteiger charge is 2.31. The number of nitrogens with one attached hydrogen (secondary N) is 1. The summed E-state index contributed by atoms with van der Waals surface area (Å²) in [4.78, 5) is 42.5. The number of aliphatic carboxylic acids is 1. The van der Waals surface area contributed by atoms with Gasteiger partial charge in [-0.05, 0) is 53.1 Å². The minimum Gasteiger partial charge on any atom is -0.480 e. The number of carboxylic acids is 1. The molecule has 0 saturated heterocycles. The van der Waals surface area contributed by atoms with Gasteiger partial charge in [-0.25, -0.2) is 9.78 Å². The molecule has 2 aromatic carbocycles. The molecule has 0 spiro atoms. The molecule has 1 heterocycles. The summed E-state index contributed by atoms with van der Waals surface area (Å²) in [7, 11) is 0. The van der Waals surface area contributed by atoms with Crippen molar-refractivity contribution < 1.29 is 24.2 Å². The highest BCUT2D eigenvalue weighted by Crippen LogP contribution is 2.44. The normalized spacial score (nSPS) is 14.1. The van der Waals surface area contributed by atoms with Gasteiger partial charge in [0.25, 0.3) is 5.91 Å². The fraction of sp³-hybridized carbons (Fsp3) is 0.259. The van der Waals surface area contributed by atoms with E-state index in [4.69, 9.17) is 4.74 Å². The van der Waals surface area contributed by atoms with Crippen molar-refractivity contribution in [2.24, 2.45) is 5.92 Å². The van der Waals surface area contributed by atoms with Crippen molar-refractivity contribution in [3.63, 3.8) is 0 Å². The lowest BCUT2D eigenvalue weighted by atomic mass is 9.98. The summed E-state index contributed by atoms with van der Waals surface area (Å²) in [5, 5.41) is 11.9. The molecule has 0 bridgehead atoms. The number of fused-ring (bicyclic) bond motifs is 3. The number of carbonyl (C=O) groups is 3. The molecule has 5 rings (SSSR count). The van der Waals surface area contributed by atoms with E-state index in [2.05, 4.69) is 22.4 Å². The highest BCUT2D eigenvalue weighted by atomic mass is 16.5. The zero-order valence-corrected chi connectivity index (χ0v) is 19.0. The molecule has 3 aromatic rings. The Morgan fingerprint density at radius 3 is 2.26 bits per heavy atom. The number of hydrogen-bond donors (Lipinski definition) is 2. The van der Waals surface area contributed by atoms with E-state index in [1.165, 1.54) is 11.1 Å². The Kier molecular flexibility index (Phi) is 6.18. The van der Waals surface area contributed by atoms with Crippen molar-refractivity contribution in [3.8, 4) is 11.1 Å². The first-order chi connectivity index (χ1) is 17.0. The molecule has 8 nitrogen and oxygen atoms in total. The summed E-state index contributed by atoms with van der Waals surface area (Å²) >= 11 is 0. The van der Waals surface area contributed by atoms with Gasteiger partial charge < -0.3 is 14.7 Å². The SMILES string of the molecule is O=C(O)CN(CC1CC1)C(=O)c1ncccc1NC(=O)OCC1c2ccccc2-c2ccccc21. The van der Waals surface area contributed by atoms with E-state index in [0.29, 0.717) is 12.5 Å². The first kappa shape index (κ1) is 22.6. The number of carboxylic acid groups (broad SMARTS) is 1. The molecule has 2 amide bonds. The van der Waals surface area contributed by atoms with Crippen LogP contribution in [0.1, 0.15) is 40.4 Å². The van der Waals surface area contributed by atoms with Crippen LogP contribution in [0.25, 0.3) is 11.1 Å². The Morgan fingerprint density at radius 2 is 1.63 bits per heavy atom. The predicted octanol–water partition coefficient (Wildman–Crippen LogP) is 4.38. The number of rotatable bonds is 8. The third-order valence-electron chi connectivity index (χ3n) is 6.38. The number of ether oxygens (including phenoxy) is 1. The van der Waals surface area contributed by atoms with Crippen LogP contribution in [0.2, 0.25) is 0 Å². The number of anilines is 1. The van der Waals surface area contributed by atoms with E-state index in [-0.39, 0.29) is 23.9 Å². The first-order valence-electron chi connectivity index (χ1n) is 11.6. The van der Waals surface area contributed by atoms with Gasteiger partial charge in [0, 0.05) is 18.7 Å². The number of amides is 2. The molecular formula is C27H25N3O5. The van der Waals surface area contributed by atoms with Crippen LogP contribution < -0.4 is 5.32 Å². The number of aromatic nitrogens is 1. The third kappa shape index (κ3) is 4.87. The van der Waals surface area contributed by atoms with Crippen molar-refractivity contribution in [2.45, 2.75) is 18.8 Å². The second-order valence-electron chi connectivity index (χ2n) is 8.87. The van der Waals surface area contributed by atoms with Crippen LogP contribution in [0.5, 0.6) is 0 Å². The number of hydrogen-bond acceptors (Lipinski definition) is 5. The van der Waals surface area contributed by atoms with Crippen molar-refractivity contribution in [1.82, 2.24) is 9.88 Å². The van der Waals surface area contributed by atoms with E-state index in [0.717, 1.165) is 35.1 Å². The van der Waals surface area contributed by atoms with Crippen molar-refractivity contribution in [1.29, 1.82) is 0 Å². The standard InChI is InChI=1S/C27H25N3O5/c31-24(32)15-30(14-17-11-12-17)26(33)25-23(10-5-13-28-25)29-27(34)35-16-22-20-8-3-1-6-18(20)19-7-2-4-9-21(19)22/h1-10,13,17,22H,11-12,14-16H2,(H,29,34)(H,31,32). The largest absolute Gasteiger partial charge is 0.480 e. The molecule has 0 radical (unpaired) electrons. The Balaban J connectivity index is 1.29. The van der Waals surface area contributed by atoms with Crippen LogP contribution in [0.4, 0.5) is 10.5 Å². The summed E-state index contributed by atoms with van der Waals surface area (Å²) < 4.78 is 5.58. The molecule has 2 N–H and O–H groups in total. The molecule has 1 fully saturated rings. The maximum Gasteiger partial charge on any atom is 0.411 e. The van der Waals surface area contributed by atoms with Gasteiger partial charge >= 0.3 is 12.1 Å². The highest BCUT2D eigenvalue weighted by molar-refractivity contribution is 6.01. The van der Waals surface area contributed by atoms with Crippen molar-refractivity contribution >= 4 is 23.7 Å². The van der Waals surface area contributed by atoms with Gasteiger partial charge in [-0.3, -0.25) is 14.9 Å². The molecule has 178 valence electrons. The Hall–Kier alpha value is -4.20. The monoisotopic (exact) mass is 471 g/mol. The smallest absolute Gasteiger partial charge is 0.411 e. The van der Waals surface area contributed by atoms with E-state index >= 15 is 0 Å². The fourth-order valence-electron chi connectivity index (χ4n) is 4.57. The van der Waals surface area contributed by atoms with Crippen molar-refractivity contribution in [2.75, 3.05) is 25.0 Å². The van der Waals surface area contributed by atoms with Crippen LogP contribution in [-0.4, -0.2) is 52.7 Å². The molecule has 1 saturated carbocycles. The Labute approximate surface area is 202 Å². The van der Waals surface area contributed by atoms with E-state index in [1.807, 2.05) is 36.4 Å². The molecule has 0 unspecified atom stereocenters. The predicted molar refractivity (Wildman–Crippen MR) is 129 cm³/mol. The Bertz CT molecular complexity index is 1240. The molecule has 2 aliphatic carbocycles. The van der Waals surface area contributed by atoms with Gasteiger partial charge in [0.05, 0.1) is 5.69 Å². The molecule has 0 atom stereocenters. The summed E-state index contributed by atoms with van der Waals surface area (Å²) in [6.07, 6.45) is 2.67. The van der Waals surface area contributed by atoms with Gasteiger partial charge in [-0.2, -0.15) is 0 Å². The lowest BCUT2D eigenvalue weighted by molar-refractivity contribution is -0.137. The summed E-state index contributed by atoms with van der Waals surface area (Å²) in [6.45, 7) is 0.0681. The average molecular weight is 472 g/mol. The molecule has 1 aromatic heterocycles.